The van der Waals surface area contributed by atoms with E-state index in [1.54, 1.807) is 36.4 Å². The fourth-order valence-electron chi connectivity index (χ4n) is 3.77. The van der Waals surface area contributed by atoms with E-state index in [9.17, 15) is 14.0 Å². The molecule has 0 radical (unpaired) electrons. The summed E-state index contributed by atoms with van der Waals surface area (Å²) in [4.78, 5) is 31.8. The molecular weight excluding hydrogens is 411 g/mol. The molecule has 2 aromatic heterocycles. The molecule has 0 saturated heterocycles. The first-order valence-corrected chi connectivity index (χ1v) is 9.86. The van der Waals surface area contributed by atoms with Crippen molar-refractivity contribution < 1.29 is 9.13 Å². The third-order valence-corrected chi connectivity index (χ3v) is 5.29. The molecule has 0 amide bonds. The number of nitrogens with zero attached hydrogens (tertiary/aromatic N) is 2. The molecule has 0 aliphatic rings. The minimum Gasteiger partial charge on any atom is -0.497 e. The minimum absolute atomic E-state index is 0.257. The number of aromatic nitrogens is 4. The highest BCUT2D eigenvalue weighted by Crippen LogP contribution is 2.24. The van der Waals surface area contributed by atoms with Crippen LogP contribution >= 0.6 is 0 Å². The molecule has 3 aromatic carbocycles. The Hall–Kier alpha value is -4.33. The average Bonchev–Trinajstić information content (AvgIpc) is 2.80. The van der Waals surface area contributed by atoms with Crippen molar-refractivity contribution in [3.63, 3.8) is 0 Å². The van der Waals surface area contributed by atoms with Crippen LogP contribution in [-0.2, 0) is 6.42 Å². The van der Waals surface area contributed by atoms with Gasteiger partial charge in [-0.1, -0.05) is 18.2 Å². The van der Waals surface area contributed by atoms with Crippen molar-refractivity contribution in [1.82, 2.24) is 20.2 Å². The van der Waals surface area contributed by atoms with Crippen molar-refractivity contribution in [3.8, 4) is 17.1 Å². The monoisotopic (exact) mass is 428 g/mol. The molecule has 0 aliphatic carbocycles. The van der Waals surface area contributed by atoms with E-state index in [-0.39, 0.29) is 23.4 Å². The average molecular weight is 428 g/mol. The highest BCUT2D eigenvalue weighted by molar-refractivity contribution is 5.84. The highest BCUT2D eigenvalue weighted by atomic mass is 19.1. The van der Waals surface area contributed by atoms with Gasteiger partial charge in [-0.2, -0.15) is 5.10 Å². The molecule has 0 aliphatic heterocycles. The lowest BCUT2D eigenvalue weighted by molar-refractivity contribution is 0.415. The van der Waals surface area contributed by atoms with Gasteiger partial charge in [0.05, 0.1) is 29.1 Å². The maximum Gasteiger partial charge on any atom is 0.272 e. The van der Waals surface area contributed by atoms with Gasteiger partial charge in [-0.15, -0.1) is 0 Å². The van der Waals surface area contributed by atoms with Gasteiger partial charge in [-0.05, 0) is 48.0 Å². The molecule has 2 N–H and O–H groups in total. The molecule has 0 bridgehead atoms. The standard InChI is InChI=1S/C24H17FN4O3/c1-32-16-6-7-20-19(12-16)23(30)27-22(26-20)14-8-13(9-15(25)11-14)10-21-17-4-2-3-5-18(17)24(31)29-28-21/h2-9,11-12H,10H2,1H3,(H,29,31)(H,26,27,30). The van der Waals surface area contributed by atoms with Crippen molar-refractivity contribution in [2.24, 2.45) is 0 Å². The Morgan fingerprint density at radius 2 is 1.75 bits per heavy atom. The van der Waals surface area contributed by atoms with Crippen LogP contribution in [0.25, 0.3) is 33.1 Å². The normalized spacial score (nSPS) is 11.2. The number of hydrogen-bond acceptors (Lipinski definition) is 5. The molecule has 0 unspecified atom stereocenters. The number of ether oxygens (including phenoxy) is 1. The van der Waals surface area contributed by atoms with Crippen LogP contribution in [0, 0.1) is 5.82 Å². The van der Waals surface area contributed by atoms with Crippen molar-refractivity contribution in [2.75, 3.05) is 7.11 Å². The van der Waals surface area contributed by atoms with Crippen molar-refractivity contribution in [2.45, 2.75) is 6.42 Å². The van der Waals surface area contributed by atoms with Crippen molar-refractivity contribution in [3.05, 3.63) is 98.4 Å². The number of fused-ring (bicyclic) bond motifs is 2. The van der Waals surface area contributed by atoms with Gasteiger partial charge in [0.15, 0.2) is 0 Å². The fourth-order valence-corrected chi connectivity index (χ4v) is 3.77. The zero-order valence-electron chi connectivity index (χ0n) is 17.0. The first kappa shape index (κ1) is 19.6. The lowest BCUT2D eigenvalue weighted by Crippen LogP contribution is -2.11. The van der Waals surface area contributed by atoms with Crippen molar-refractivity contribution in [1.29, 1.82) is 0 Å². The summed E-state index contributed by atoms with van der Waals surface area (Å²) in [5, 5.41) is 8.26. The molecule has 2 heterocycles. The van der Waals surface area contributed by atoms with Gasteiger partial charge in [0.25, 0.3) is 11.1 Å². The first-order chi connectivity index (χ1) is 15.5. The van der Waals surface area contributed by atoms with E-state index in [0.717, 1.165) is 0 Å². The van der Waals surface area contributed by atoms with E-state index in [0.29, 0.717) is 44.2 Å². The van der Waals surface area contributed by atoms with Crippen LogP contribution in [0.1, 0.15) is 11.3 Å². The Morgan fingerprint density at radius 3 is 2.56 bits per heavy atom. The minimum atomic E-state index is -0.469. The molecule has 8 heteroatoms. The molecule has 32 heavy (non-hydrogen) atoms. The van der Waals surface area contributed by atoms with Crippen LogP contribution in [-0.4, -0.2) is 27.3 Å². The van der Waals surface area contributed by atoms with Gasteiger partial charge in [-0.25, -0.2) is 14.5 Å². The summed E-state index contributed by atoms with van der Waals surface area (Å²) in [6.07, 6.45) is 0.289. The summed E-state index contributed by atoms with van der Waals surface area (Å²) < 4.78 is 19.7. The zero-order valence-corrected chi connectivity index (χ0v) is 17.0. The maximum absolute atomic E-state index is 14.5. The lowest BCUT2D eigenvalue weighted by atomic mass is 10.0. The van der Waals surface area contributed by atoms with E-state index in [1.807, 2.05) is 12.1 Å². The summed E-state index contributed by atoms with van der Waals surface area (Å²) in [7, 11) is 1.52. The molecule has 0 atom stereocenters. The van der Waals surface area contributed by atoms with E-state index >= 15 is 0 Å². The third-order valence-electron chi connectivity index (χ3n) is 5.29. The molecule has 0 spiro atoms. The SMILES string of the molecule is COc1ccc2nc(-c3cc(F)cc(Cc4n[nH]c(=O)c5ccccc45)c3)[nH]c(=O)c2c1. The molecule has 158 valence electrons. The second kappa shape index (κ2) is 7.73. The highest BCUT2D eigenvalue weighted by Gasteiger charge is 2.12. The molecule has 5 rings (SSSR count). The predicted molar refractivity (Wildman–Crippen MR) is 119 cm³/mol. The zero-order chi connectivity index (χ0) is 22.2. The molecular formula is C24H17FN4O3. The van der Waals surface area contributed by atoms with E-state index in [2.05, 4.69) is 20.2 Å². The summed E-state index contributed by atoms with van der Waals surface area (Å²) in [6, 6.07) is 16.6. The molecule has 5 aromatic rings. The van der Waals surface area contributed by atoms with Crippen LogP contribution in [0.4, 0.5) is 4.39 Å². The summed E-state index contributed by atoms with van der Waals surface area (Å²) in [5.74, 6) is 0.336. The van der Waals surface area contributed by atoms with Gasteiger partial charge in [0.1, 0.15) is 17.4 Å². The van der Waals surface area contributed by atoms with Crippen LogP contribution < -0.4 is 15.9 Å². The molecule has 0 saturated carbocycles. The number of aromatic amines is 2. The second-order valence-electron chi connectivity index (χ2n) is 7.37. The first-order valence-electron chi connectivity index (χ1n) is 9.86. The number of nitrogens with one attached hydrogen (secondary N) is 2. The van der Waals surface area contributed by atoms with Crippen LogP contribution in [0.15, 0.2) is 70.3 Å². The molecule has 0 fully saturated rings. The van der Waals surface area contributed by atoms with Gasteiger partial charge in [0, 0.05) is 17.4 Å². The summed E-state index contributed by atoms with van der Waals surface area (Å²) in [6.45, 7) is 0. The number of H-pyrrole nitrogens is 2. The van der Waals surface area contributed by atoms with E-state index in [1.165, 1.54) is 19.2 Å². The number of benzene rings is 3. The van der Waals surface area contributed by atoms with Gasteiger partial charge < -0.3 is 9.72 Å². The quantitative estimate of drug-likeness (QED) is 0.456. The van der Waals surface area contributed by atoms with Crippen LogP contribution in [0.2, 0.25) is 0 Å². The Morgan fingerprint density at radius 1 is 0.938 bits per heavy atom. The maximum atomic E-state index is 14.5. The Labute approximate surface area is 180 Å². The number of rotatable bonds is 4. The van der Waals surface area contributed by atoms with E-state index < -0.39 is 5.82 Å². The summed E-state index contributed by atoms with van der Waals surface area (Å²) in [5.41, 5.74) is 1.53. The van der Waals surface area contributed by atoms with Gasteiger partial charge in [0.2, 0.25) is 0 Å². The Bertz CT molecular complexity index is 1610. The van der Waals surface area contributed by atoms with Crippen LogP contribution in [0.3, 0.4) is 0 Å². The lowest BCUT2D eigenvalue weighted by Gasteiger charge is -2.09. The fraction of sp³-hybridized carbons (Fsp3) is 0.0833. The smallest absolute Gasteiger partial charge is 0.272 e. The molecule has 7 nitrogen and oxygen atoms in total. The Balaban J connectivity index is 1.59. The van der Waals surface area contributed by atoms with Gasteiger partial charge in [-0.3, -0.25) is 9.59 Å². The Kier molecular flexibility index (Phi) is 4.74. The summed E-state index contributed by atoms with van der Waals surface area (Å²) >= 11 is 0. The van der Waals surface area contributed by atoms with Gasteiger partial charge >= 0.3 is 0 Å². The predicted octanol–water partition coefficient (Wildman–Crippen LogP) is 3.57. The number of halogens is 1. The third kappa shape index (κ3) is 3.51. The number of methoxy groups -OCH3 is 1. The second-order valence-corrected chi connectivity index (χ2v) is 7.37. The number of hydrogen-bond donors (Lipinski definition) is 2. The topological polar surface area (TPSA) is 101 Å². The van der Waals surface area contributed by atoms with E-state index in [4.69, 9.17) is 4.74 Å². The van der Waals surface area contributed by atoms with Crippen LogP contribution in [0.5, 0.6) is 5.75 Å². The largest absolute Gasteiger partial charge is 0.497 e. The van der Waals surface area contributed by atoms with Crippen molar-refractivity contribution >= 4 is 21.7 Å².